The number of halogens is 4. The second-order valence-corrected chi connectivity index (χ2v) is 4.98. The SMILES string of the molecule is FC(F)(F)CN(CCBr)CC1CCCC1. The molecule has 0 unspecified atom stereocenters. The number of hydrogen-bond donors (Lipinski definition) is 0. The average Bonchev–Trinajstić information content (AvgIpc) is 2.54. The van der Waals surface area contributed by atoms with Crippen molar-refractivity contribution < 1.29 is 13.2 Å². The Bertz CT molecular complexity index is 178. The first-order valence-electron chi connectivity index (χ1n) is 5.36. The summed E-state index contributed by atoms with van der Waals surface area (Å²) in [7, 11) is 0. The van der Waals surface area contributed by atoms with Gasteiger partial charge in [-0.25, -0.2) is 0 Å². The largest absolute Gasteiger partial charge is 0.401 e. The molecule has 0 aliphatic heterocycles. The standard InChI is InChI=1S/C10H17BrF3N/c11-5-6-15(8-10(12,13)14)7-9-3-1-2-4-9/h9H,1-8H2. The molecule has 0 aromatic heterocycles. The Labute approximate surface area is 97.1 Å². The molecule has 0 aromatic carbocycles. The van der Waals surface area contributed by atoms with E-state index in [9.17, 15) is 13.2 Å². The molecule has 0 aromatic rings. The van der Waals surface area contributed by atoms with Gasteiger partial charge in [0.2, 0.25) is 0 Å². The van der Waals surface area contributed by atoms with Crippen molar-refractivity contribution in [1.29, 1.82) is 0 Å². The highest BCUT2D eigenvalue weighted by atomic mass is 79.9. The molecule has 0 amide bonds. The van der Waals surface area contributed by atoms with E-state index in [1.165, 1.54) is 17.7 Å². The summed E-state index contributed by atoms with van der Waals surface area (Å²) in [6, 6.07) is 0. The molecular weight excluding hydrogens is 271 g/mol. The summed E-state index contributed by atoms with van der Waals surface area (Å²) in [5.74, 6) is 0.478. The molecule has 1 nitrogen and oxygen atoms in total. The lowest BCUT2D eigenvalue weighted by atomic mass is 10.1. The summed E-state index contributed by atoms with van der Waals surface area (Å²) in [6.07, 6.45) is 0.478. The van der Waals surface area contributed by atoms with E-state index in [0.29, 0.717) is 24.3 Å². The Morgan fingerprint density at radius 1 is 1.20 bits per heavy atom. The van der Waals surface area contributed by atoms with Gasteiger partial charge in [-0.2, -0.15) is 13.2 Å². The van der Waals surface area contributed by atoms with Gasteiger partial charge in [-0.15, -0.1) is 0 Å². The molecule has 0 radical (unpaired) electrons. The minimum absolute atomic E-state index is 0.478. The summed E-state index contributed by atoms with van der Waals surface area (Å²) < 4.78 is 36.7. The Kier molecular flexibility index (Phi) is 5.39. The van der Waals surface area contributed by atoms with Gasteiger partial charge in [0.1, 0.15) is 0 Å². The van der Waals surface area contributed by atoms with Crippen molar-refractivity contribution in [2.24, 2.45) is 5.92 Å². The molecule has 0 heterocycles. The highest BCUT2D eigenvalue weighted by Gasteiger charge is 2.31. The molecule has 0 saturated heterocycles. The number of rotatable bonds is 5. The normalized spacial score (nSPS) is 19.0. The molecule has 15 heavy (non-hydrogen) atoms. The minimum Gasteiger partial charge on any atom is -0.294 e. The third kappa shape index (κ3) is 5.76. The van der Waals surface area contributed by atoms with E-state index >= 15 is 0 Å². The van der Waals surface area contributed by atoms with Crippen molar-refractivity contribution in [3.8, 4) is 0 Å². The third-order valence-electron chi connectivity index (χ3n) is 2.79. The molecule has 1 aliphatic rings. The summed E-state index contributed by atoms with van der Waals surface area (Å²) in [5, 5.41) is 0.607. The second kappa shape index (κ2) is 6.09. The fraction of sp³-hybridized carbons (Fsp3) is 1.00. The van der Waals surface area contributed by atoms with E-state index in [1.54, 1.807) is 0 Å². The van der Waals surface area contributed by atoms with Crippen molar-refractivity contribution >= 4 is 15.9 Å². The smallest absolute Gasteiger partial charge is 0.294 e. The lowest BCUT2D eigenvalue weighted by molar-refractivity contribution is -0.146. The van der Waals surface area contributed by atoms with E-state index < -0.39 is 12.7 Å². The van der Waals surface area contributed by atoms with Crippen LogP contribution in [0.5, 0.6) is 0 Å². The van der Waals surface area contributed by atoms with Crippen LogP contribution in [0, 0.1) is 5.92 Å². The molecule has 5 heteroatoms. The molecule has 1 saturated carbocycles. The van der Waals surface area contributed by atoms with E-state index in [-0.39, 0.29) is 0 Å². The van der Waals surface area contributed by atoms with Crippen LogP contribution in [0.25, 0.3) is 0 Å². The van der Waals surface area contributed by atoms with Gasteiger partial charge in [-0.05, 0) is 18.8 Å². The highest BCUT2D eigenvalue weighted by Crippen LogP contribution is 2.26. The van der Waals surface area contributed by atoms with Gasteiger partial charge in [0.15, 0.2) is 0 Å². The number of hydrogen-bond acceptors (Lipinski definition) is 1. The molecular formula is C10H17BrF3N. The Balaban J connectivity index is 2.35. The maximum absolute atomic E-state index is 12.2. The third-order valence-corrected chi connectivity index (χ3v) is 3.15. The molecule has 0 spiro atoms. The van der Waals surface area contributed by atoms with Crippen LogP contribution < -0.4 is 0 Å². The van der Waals surface area contributed by atoms with Gasteiger partial charge in [-0.3, -0.25) is 4.90 Å². The predicted octanol–water partition coefficient (Wildman–Crippen LogP) is 3.44. The van der Waals surface area contributed by atoms with Crippen LogP contribution in [0.3, 0.4) is 0 Å². The van der Waals surface area contributed by atoms with Gasteiger partial charge in [-0.1, -0.05) is 28.8 Å². The fourth-order valence-corrected chi connectivity index (χ4v) is 2.67. The lowest BCUT2D eigenvalue weighted by Gasteiger charge is -2.25. The highest BCUT2D eigenvalue weighted by molar-refractivity contribution is 9.09. The lowest BCUT2D eigenvalue weighted by Crippen LogP contribution is -2.38. The molecule has 1 rings (SSSR count). The summed E-state index contributed by atoms with van der Waals surface area (Å²) in [6.45, 7) is 0.316. The van der Waals surface area contributed by atoms with Crippen molar-refractivity contribution in [3.63, 3.8) is 0 Å². The van der Waals surface area contributed by atoms with Gasteiger partial charge in [0, 0.05) is 18.4 Å². The Morgan fingerprint density at radius 3 is 2.27 bits per heavy atom. The van der Waals surface area contributed by atoms with E-state index in [0.717, 1.165) is 12.8 Å². The summed E-state index contributed by atoms with van der Waals surface area (Å²) in [4.78, 5) is 1.52. The average molecular weight is 288 g/mol. The summed E-state index contributed by atoms with van der Waals surface area (Å²) in [5.41, 5.74) is 0. The Morgan fingerprint density at radius 2 is 1.80 bits per heavy atom. The van der Waals surface area contributed by atoms with Gasteiger partial charge in [0.05, 0.1) is 6.54 Å². The van der Waals surface area contributed by atoms with Gasteiger partial charge >= 0.3 is 6.18 Å². The topological polar surface area (TPSA) is 3.24 Å². The fourth-order valence-electron chi connectivity index (χ4n) is 2.17. The predicted molar refractivity (Wildman–Crippen MR) is 58.2 cm³/mol. The molecule has 0 N–H and O–H groups in total. The zero-order chi connectivity index (χ0) is 11.3. The number of alkyl halides is 4. The molecule has 1 fully saturated rings. The Hall–Kier alpha value is 0.230. The van der Waals surface area contributed by atoms with Crippen LogP contribution in [0.2, 0.25) is 0 Å². The first-order chi connectivity index (χ1) is 7.01. The maximum atomic E-state index is 12.2. The van der Waals surface area contributed by atoms with E-state index in [4.69, 9.17) is 0 Å². The van der Waals surface area contributed by atoms with Crippen LogP contribution in [0.15, 0.2) is 0 Å². The molecule has 0 atom stereocenters. The summed E-state index contributed by atoms with van der Waals surface area (Å²) >= 11 is 3.20. The van der Waals surface area contributed by atoms with Crippen LogP contribution >= 0.6 is 15.9 Å². The zero-order valence-corrected chi connectivity index (χ0v) is 10.3. The van der Waals surface area contributed by atoms with Crippen molar-refractivity contribution in [1.82, 2.24) is 4.90 Å². The van der Waals surface area contributed by atoms with Crippen LogP contribution in [-0.2, 0) is 0 Å². The molecule has 0 bridgehead atoms. The van der Waals surface area contributed by atoms with Crippen molar-refractivity contribution in [2.75, 3.05) is 25.0 Å². The van der Waals surface area contributed by atoms with Crippen molar-refractivity contribution in [3.05, 3.63) is 0 Å². The van der Waals surface area contributed by atoms with Gasteiger partial charge < -0.3 is 0 Å². The van der Waals surface area contributed by atoms with Crippen LogP contribution in [-0.4, -0.2) is 36.0 Å². The molecule has 90 valence electrons. The molecule has 1 aliphatic carbocycles. The maximum Gasteiger partial charge on any atom is 0.401 e. The zero-order valence-electron chi connectivity index (χ0n) is 8.69. The van der Waals surface area contributed by atoms with Crippen molar-refractivity contribution in [2.45, 2.75) is 31.9 Å². The van der Waals surface area contributed by atoms with E-state index in [2.05, 4.69) is 15.9 Å². The number of nitrogens with zero attached hydrogens (tertiary/aromatic N) is 1. The minimum atomic E-state index is -4.07. The first-order valence-corrected chi connectivity index (χ1v) is 6.48. The monoisotopic (exact) mass is 287 g/mol. The van der Waals surface area contributed by atoms with Crippen LogP contribution in [0.4, 0.5) is 13.2 Å². The van der Waals surface area contributed by atoms with E-state index in [1.807, 2.05) is 0 Å². The van der Waals surface area contributed by atoms with Gasteiger partial charge in [0.25, 0.3) is 0 Å². The second-order valence-electron chi connectivity index (χ2n) is 4.19. The van der Waals surface area contributed by atoms with Crippen LogP contribution in [0.1, 0.15) is 25.7 Å². The quantitative estimate of drug-likeness (QED) is 0.700. The first kappa shape index (κ1) is 13.3.